The van der Waals surface area contributed by atoms with E-state index in [1.807, 2.05) is 18.2 Å². The number of carbonyl (C=O) groups is 1. The maximum atomic E-state index is 13.4. The first-order chi connectivity index (χ1) is 18.3. The number of benzene rings is 2. The normalized spacial score (nSPS) is 20.7. The Morgan fingerprint density at radius 1 is 1.16 bits per heavy atom. The highest BCUT2D eigenvalue weighted by Gasteiger charge is 2.29. The number of hydrogen-bond donors (Lipinski definition) is 0. The molecule has 3 heterocycles. The van der Waals surface area contributed by atoms with Gasteiger partial charge in [0.15, 0.2) is 5.16 Å². The molecule has 0 bridgehead atoms. The van der Waals surface area contributed by atoms with Crippen molar-refractivity contribution in [2.24, 2.45) is 5.92 Å². The molecule has 0 aliphatic carbocycles. The summed E-state index contributed by atoms with van der Waals surface area (Å²) in [5.74, 6) is 0.700. The summed E-state index contributed by atoms with van der Waals surface area (Å²) in [7, 11) is -3.57. The van der Waals surface area contributed by atoms with Gasteiger partial charge < -0.3 is 14.0 Å². The molecule has 38 heavy (non-hydrogen) atoms. The van der Waals surface area contributed by atoms with Crippen LogP contribution in [0, 0.1) is 5.92 Å². The maximum Gasteiger partial charge on any atom is 0.338 e. The van der Waals surface area contributed by atoms with Crippen molar-refractivity contribution in [1.82, 2.24) is 13.9 Å². The van der Waals surface area contributed by atoms with Gasteiger partial charge in [0.1, 0.15) is 0 Å². The number of hydrogen-bond acceptors (Lipinski definition) is 7. The molecule has 0 saturated carbocycles. The molecule has 0 spiro atoms. The van der Waals surface area contributed by atoms with E-state index >= 15 is 0 Å². The minimum atomic E-state index is -3.57. The van der Waals surface area contributed by atoms with Crippen LogP contribution in [0.3, 0.4) is 0 Å². The molecule has 2 saturated heterocycles. The number of nitrogens with zero attached hydrogens (tertiary/aromatic N) is 3. The molecule has 0 amide bonds. The second kappa shape index (κ2) is 11.8. The summed E-state index contributed by atoms with van der Waals surface area (Å²) in [4.78, 5) is 17.1. The monoisotopic (exact) mass is 557 g/mol. The number of piperidine rings is 1. The van der Waals surface area contributed by atoms with E-state index in [-0.39, 0.29) is 12.1 Å². The van der Waals surface area contributed by atoms with Crippen molar-refractivity contribution in [2.75, 3.05) is 26.3 Å². The van der Waals surface area contributed by atoms with E-state index in [1.54, 1.807) is 47.3 Å². The quantitative estimate of drug-likeness (QED) is 0.267. The van der Waals surface area contributed by atoms with Gasteiger partial charge in [-0.3, -0.25) is 0 Å². The Bertz CT molecular complexity index is 1380. The molecule has 8 nitrogen and oxygen atoms in total. The number of imidazole rings is 1. The van der Waals surface area contributed by atoms with E-state index in [1.165, 1.54) is 0 Å². The Kier molecular flexibility index (Phi) is 8.42. The molecule has 0 radical (unpaired) electrons. The van der Waals surface area contributed by atoms with Gasteiger partial charge in [-0.15, -0.1) is 0 Å². The fourth-order valence-electron chi connectivity index (χ4n) is 5.14. The van der Waals surface area contributed by atoms with Crippen LogP contribution in [0.5, 0.6) is 0 Å². The van der Waals surface area contributed by atoms with Gasteiger partial charge in [-0.2, -0.15) is 4.31 Å². The third kappa shape index (κ3) is 5.93. The van der Waals surface area contributed by atoms with E-state index in [9.17, 15) is 13.2 Å². The Balaban J connectivity index is 1.41. The average Bonchev–Trinajstić information content (AvgIpc) is 3.56. The molecule has 2 aliphatic rings. The highest BCUT2D eigenvalue weighted by Crippen LogP contribution is 2.31. The van der Waals surface area contributed by atoms with Gasteiger partial charge in [-0.25, -0.2) is 18.2 Å². The zero-order valence-electron chi connectivity index (χ0n) is 22.0. The topological polar surface area (TPSA) is 90.7 Å². The number of esters is 1. The number of thioether (sulfide) groups is 1. The first kappa shape index (κ1) is 27.2. The van der Waals surface area contributed by atoms with Crippen molar-refractivity contribution in [1.29, 1.82) is 0 Å². The van der Waals surface area contributed by atoms with Crippen molar-refractivity contribution >= 4 is 38.8 Å². The summed E-state index contributed by atoms with van der Waals surface area (Å²) in [6.45, 7) is 6.80. The van der Waals surface area contributed by atoms with Gasteiger partial charge >= 0.3 is 5.97 Å². The number of carbonyl (C=O) groups excluding carboxylic acids is 1. The van der Waals surface area contributed by atoms with Crippen LogP contribution in [0.2, 0.25) is 0 Å². The largest absolute Gasteiger partial charge is 0.462 e. The van der Waals surface area contributed by atoms with E-state index in [4.69, 9.17) is 14.5 Å². The Morgan fingerprint density at radius 3 is 2.68 bits per heavy atom. The fraction of sp³-hybridized carbons (Fsp3) is 0.500. The highest BCUT2D eigenvalue weighted by atomic mass is 32.2. The Labute approximate surface area is 228 Å². The van der Waals surface area contributed by atoms with Crippen LogP contribution in [-0.2, 0) is 31.8 Å². The minimum absolute atomic E-state index is 0.119. The molecule has 204 valence electrons. The van der Waals surface area contributed by atoms with Crippen LogP contribution in [0.15, 0.2) is 52.5 Å². The van der Waals surface area contributed by atoms with Crippen molar-refractivity contribution in [3.63, 3.8) is 0 Å². The van der Waals surface area contributed by atoms with Crippen LogP contribution in [0.25, 0.3) is 11.0 Å². The minimum Gasteiger partial charge on any atom is -0.462 e. The molecule has 2 aliphatic heterocycles. The van der Waals surface area contributed by atoms with E-state index < -0.39 is 10.0 Å². The molecular weight excluding hydrogens is 522 g/mol. The number of sulfonamides is 1. The second-order valence-corrected chi connectivity index (χ2v) is 13.0. The maximum absolute atomic E-state index is 13.4. The number of aromatic nitrogens is 2. The van der Waals surface area contributed by atoms with Gasteiger partial charge in [0.2, 0.25) is 10.0 Å². The smallest absolute Gasteiger partial charge is 0.338 e. The van der Waals surface area contributed by atoms with Gasteiger partial charge in [0.05, 0.1) is 40.7 Å². The summed E-state index contributed by atoms with van der Waals surface area (Å²) in [6.07, 6.45) is 4.11. The average molecular weight is 558 g/mol. The van der Waals surface area contributed by atoms with Gasteiger partial charge in [0.25, 0.3) is 0 Å². The number of ether oxygens (including phenoxy) is 2. The first-order valence-electron chi connectivity index (χ1n) is 13.4. The van der Waals surface area contributed by atoms with Crippen LogP contribution < -0.4 is 0 Å². The summed E-state index contributed by atoms with van der Waals surface area (Å²) in [5.41, 5.74) is 3.17. The van der Waals surface area contributed by atoms with Crippen molar-refractivity contribution in [2.45, 2.75) is 68.0 Å². The number of fused-ring (bicyclic) bond motifs is 1. The fourth-order valence-corrected chi connectivity index (χ4v) is 7.74. The molecular formula is C28H35N3O5S2. The molecule has 2 atom stereocenters. The van der Waals surface area contributed by atoms with Crippen molar-refractivity contribution in [3.05, 3.63) is 53.6 Å². The Morgan fingerprint density at radius 2 is 1.97 bits per heavy atom. The molecule has 10 heteroatoms. The van der Waals surface area contributed by atoms with Crippen LogP contribution in [0.4, 0.5) is 0 Å². The third-order valence-electron chi connectivity index (χ3n) is 7.19. The molecule has 3 aromatic rings. The van der Waals surface area contributed by atoms with E-state index in [0.29, 0.717) is 53.9 Å². The predicted molar refractivity (Wildman–Crippen MR) is 148 cm³/mol. The molecule has 0 N–H and O–H groups in total. The van der Waals surface area contributed by atoms with E-state index in [2.05, 4.69) is 11.5 Å². The SMILES string of the molecule is CCOC(=O)c1ccc(CSc2nc3cc(S(=O)(=O)N4CCC[C@@H](C)C4)ccc3n2C[C@@H]2CCCO2)cc1. The molecule has 1 aromatic heterocycles. The van der Waals surface area contributed by atoms with Crippen molar-refractivity contribution in [3.8, 4) is 0 Å². The van der Waals surface area contributed by atoms with Crippen LogP contribution in [0.1, 0.15) is 55.5 Å². The van der Waals surface area contributed by atoms with Gasteiger partial charge in [0, 0.05) is 25.4 Å². The summed E-state index contributed by atoms with van der Waals surface area (Å²) >= 11 is 1.60. The molecule has 2 fully saturated rings. The lowest BCUT2D eigenvalue weighted by atomic mass is 10.0. The van der Waals surface area contributed by atoms with Gasteiger partial charge in [-0.1, -0.05) is 30.8 Å². The lowest BCUT2D eigenvalue weighted by Gasteiger charge is -2.30. The first-order valence-corrected chi connectivity index (χ1v) is 15.8. The number of rotatable bonds is 9. The predicted octanol–water partition coefficient (Wildman–Crippen LogP) is 5.10. The van der Waals surface area contributed by atoms with E-state index in [0.717, 1.165) is 48.5 Å². The second-order valence-electron chi connectivity index (χ2n) is 10.1. The van der Waals surface area contributed by atoms with Gasteiger partial charge in [-0.05, 0) is 74.4 Å². The van der Waals surface area contributed by atoms with Crippen LogP contribution >= 0.6 is 11.8 Å². The van der Waals surface area contributed by atoms with Crippen molar-refractivity contribution < 1.29 is 22.7 Å². The molecule has 0 unspecified atom stereocenters. The standard InChI is InChI=1S/C28H35N3O5S2/c1-3-35-27(32)22-10-8-21(9-11-22)19-37-28-29-25-16-24(38(33,34)30-14-4-6-20(2)17-30)12-13-26(25)31(28)18-23-7-5-15-36-23/h8-13,16,20,23H,3-7,14-15,17-19H2,1-2H3/t20-,23+/m1/s1. The molecule has 5 rings (SSSR count). The lowest BCUT2D eigenvalue weighted by Crippen LogP contribution is -2.39. The Hall–Kier alpha value is -2.40. The highest BCUT2D eigenvalue weighted by molar-refractivity contribution is 7.98. The molecule has 2 aromatic carbocycles. The third-order valence-corrected chi connectivity index (χ3v) is 10.1. The zero-order chi connectivity index (χ0) is 26.7. The summed E-state index contributed by atoms with van der Waals surface area (Å²) < 4.78 is 41.6. The summed E-state index contributed by atoms with van der Waals surface area (Å²) in [5, 5.41) is 0.825. The zero-order valence-corrected chi connectivity index (χ0v) is 23.6. The van der Waals surface area contributed by atoms with Crippen LogP contribution in [-0.4, -0.2) is 60.7 Å². The lowest BCUT2D eigenvalue weighted by molar-refractivity contribution is 0.0526. The summed E-state index contributed by atoms with van der Waals surface area (Å²) in [6, 6.07) is 12.7.